The zero-order valence-electron chi connectivity index (χ0n) is 16.6. The summed E-state index contributed by atoms with van der Waals surface area (Å²) in [5.41, 5.74) is 2.61. The van der Waals surface area contributed by atoms with Crippen molar-refractivity contribution in [1.82, 2.24) is 0 Å². The van der Waals surface area contributed by atoms with E-state index in [4.69, 9.17) is 4.99 Å². The highest BCUT2D eigenvalue weighted by atomic mass is 16.1. The molecule has 0 bridgehead atoms. The largest absolute Gasteiger partial charge is 0.303 e. The van der Waals surface area contributed by atoms with E-state index in [-0.39, 0.29) is 0 Å². The van der Waals surface area contributed by atoms with E-state index in [0.717, 1.165) is 35.9 Å². The van der Waals surface area contributed by atoms with Gasteiger partial charge in [0.2, 0.25) is 0 Å². The lowest BCUT2D eigenvalue weighted by Crippen LogP contribution is -2.53. The summed E-state index contributed by atoms with van der Waals surface area (Å²) in [6.07, 6.45) is 14.2. The molecule has 0 saturated heterocycles. The van der Waals surface area contributed by atoms with Crippen molar-refractivity contribution in [3.8, 4) is 0 Å². The van der Waals surface area contributed by atoms with Crippen molar-refractivity contribution < 1.29 is 4.79 Å². The monoisotopic (exact) mass is 343 g/mol. The van der Waals surface area contributed by atoms with Crippen molar-refractivity contribution in [2.45, 2.75) is 85.0 Å². The number of carbonyl (C=O) groups is 1. The number of fused-ring (bicyclic) bond motifs is 5. The smallest absolute Gasteiger partial charge is 0.121 e. The molecule has 2 nitrogen and oxygen atoms in total. The molecule has 0 aromatic carbocycles. The molecule has 0 aromatic rings. The van der Waals surface area contributed by atoms with Gasteiger partial charge in [0.25, 0.3) is 0 Å². The third-order valence-corrected chi connectivity index (χ3v) is 9.56. The highest BCUT2D eigenvalue weighted by molar-refractivity contribution is 5.85. The first kappa shape index (κ1) is 17.7. The lowest BCUT2D eigenvalue weighted by atomic mass is 9.45. The van der Waals surface area contributed by atoms with Gasteiger partial charge in [-0.2, -0.15) is 0 Å². The van der Waals surface area contributed by atoms with Gasteiger partial charge in [-0.25, -0.2) is 0 Å². The molecule has 7 atom stereocenters. The van der Waals surface area contributed by atoms with Crippen molar-refractivity contribution in [1.29, 1.82) is 0 Å². The zero-order chi connectivity index (χ0) is 17.7. The number of carbonyl (C=O) groups excluding carboxylic acids is 1. The van der Waals surface area contributed by atoms with Crippen LogP contribution in [0.4, 0.5) is 0 Å². The van der Waals surface area contributed by atoms with E-state index in [2.05, 4.69) is 20.8 Å². The van der Waals surface area contributed by atoms with Crippen molar-refractivity contribution in [2.75, 3.05) is 6.54 Å². The summed E-state index contributed by atoms with van der Waals surface area (Å²) < 4.78 is 0. The van der Waals surface area contributed by atoms with Crippen molar-refractivity contribution >= 4 is 12.0 Å². The average molecular weight is 344 g/mol. The van der Waals surface area contributed by atoms with E-state index in [9.17, 15) is 4.79 Å². The Morgan fingerprint density at radius 2 is 1.84 bits per heavy atom. The molecule has 0 heterocycles. The molecule has 4 rings (SSSR count). The lowest BCUT2D eigenvalue weighted by molar-refractivity contribution is -0.107. The minimum absolute atomic E-state index is 0.555. The molecule has 140 valence electrons. The zero-order valence-corrected chi connectivity index (χ0v) is 16.6. The minimum atomic E-state index is 0.555. The number of hydrogen-bond donors (Lipinski definition) is 0. The molecule has 0 aromatic heterocycles. The SMILES string of the molecule is CC1CCC2C3CCC4CC(=NCCC=O)CCC4(C)C3CCC12C. The van der Waals surface area contributed by atoms with E-state index >= 15 is 0 Å². The Morgan fingerprint density at radius 3 is 2.64 bits per heavy atom. The van der Waals surface area contributed by atoms with Crippen LogP contribution in [0.25, 0.3) is 0 Å². The Hall–Kier alpha value is -0.660. The fraction of sp³-hybridized carbons (Fsp3) is 0.913. The first-order chi connectivity index (χ1) is 12.0. The molecule has 0 radical (unpaired) electrons. The fourth-order valence-corrected chi connectivity index (χ4v) is 7.74. The number of rotatable bonds is 3. The highest BCUT2D eigenvalue weighted by Gasteiger charge is 2.59. The Bertz CT molecular complexity index is 554. The van der Waals surface area contributed by atoms with Crippen LogP contribution in [0.3, 0.4) is 0 Å². The lowest BCUT2D eigenvalue weighted by Gasteiger charge is -2.60. The van der Waals surface area contributed by atoms with Crippen molar-refractivity contribution in [2.24, 2.45) is 45.4 Å². The predicted octanol–water partition coefficient (Wildman–Crippen LogP) is 5.70. The number of hydrogen-bond acceptors (Lipinski definition) is 2. The first-order valence-electron chi connectivity index (χ1n) is 10.9. The highest BCUT2D eigenvalue weighted by Crippen LogP contribution is 2.67. The van der Waals surface area contributed by atoms with Crippen LogP contribution >= 0.6 is 0 Å². The third kappa shape index (κ3) is 2.73. The molecule has 0 spiro atoms. The van der Waals surface area contributed by atoms with Crippen molar-refractivity contribution in [3.63, 3.8) is 0 Å². The van der Waals surface area contributed by atoms with Gasteiger partial charge in [0.05, 0.1) is 0 Å². The molecule has 4 fully saturated rings. The van der Waals surface area contributed by atoms with Crippen LogP contribution in [-0.4, -0.2) is 18.5 Å². The van der Waals surface area contributed by atoms with E-state index in [1.54, 1.807) is 0 Å². The maximum absolute atomic E-state index is 10.6. The predicted molar refractivity (Wildman–Crippen MR) is 104 cm³/mol. The number of aliphatic imine (C=N–C) groups is 1. The molecule has 0 N–H and O–H groups in total. The van der Waals surface area contributed by atoms with Crippen LogP contribution in [0.15, 0.2) is 4.99 Å². The molecular weight excluding hydrogens is 306 g/mol. The van der Waals surface area contributed by atoms with Gasteiger partial charge < -0.3 is 4.79 Å². The van der Waals surface area contributed by atoms with Gasteiger partial charge in [-0.1, -0.05) is 20.8 Å². The van der Waals surface area contributed by atoms with E-state index in [0.29, 0.717) is 23.8 Å². The quantitative estimate of drug-likeness (QED) is 0.478. The third-order valence-electron chi connectivity index (χ3n) is 9.56. The van der Waals surface area contributed by atoms with Crippen LogP contribution in [-0.2, 0) is 4.79 Å². The second-order valence-corrected chi connectivity index (χ2v) is 10.3. The fourth-order valence-electron chi connectivity index (χ4n) is 7.74. The summed E-state index contributed by atoms with van der Waals surface area (Å²) >= 11 is 0. The molecule has 7 unspecified atom stereocenters. The summed E-state index contributed by atoms with van der Waals surface area (Å²) in [4.78, 5) is 15.3. The normalized spacial score (nSPS) is 50.8. The van der Waals surface area contributed by atoms with Gasteiger partial charge >= 0.3 is 0 Å². The van der Waals surface area contributed by atoms with Gasteiger partial charge in [0.15, 0.2) is 0 Å². The maximum atomic E-state index is 10.6. The van der Waals surface area contributed by atoms with E-state index in [1.807, 2.05) is 0 Å². The molecule has 0 aliphatic heterocycles. The molecule has 0 amide bonds. The van der Waals surface area contributed by atoms with Gasteiger partial charge in [-0.3, -0.25) is 4.99 Å². The molecule has 4 aliphatic carbocycles. The second kappa shape index (κ2) is 6.50. The summed E-state index contributed by atoms with van der Waals surface area (Å²) in [7, 11) is 0. The summed E-state index contributed by atoms with van der Waals surface area (Å²) in [6, 6.07) is 0. The standard InChI is InChI=1S/C23H37NO/c1-16-5-8-20-19-7-6-17-15-18(24-13-4-14-25)9-11-23(17,3)21(19)10-12-22(16,20)2/h14,16-17,19-21H,4-13,15H2,1-3H3. The van der Waals surface area contributed by atoms with Crippen LogP contribution in [0.1, 0.15) is 85.0 Å². The number of nitrogens with zero attached hydrogens (tertiary/aromatic N) is 1. The topological polar surface area (TPSA) is 29.4 Å². The molecule has 4 saturated carbocycles. The number of aldehydes is 1. The Morgan fingerprint density at radius 1 is 1.04 bits per heavy atom. The Balaban J connectivity index is 1.51. The van der Waals surface area contributed by atoms with E-state index < -0.39 is 0 Å². The van der Waals surface area contributed by atoms with Crippen molar-refractivity contribution in [3.05, 3.63) is 0 Å². The summed E-state index contributed by atoms with van der Waals surface area (Å²) in [5.74, 6) is 4.75. The van der Waals surface area contributed by atoms with Gasteiger partial charge in [-0.05, 0) is 98.2 Å². The Labute approximate surface area is 154 Å². The molecular formula is C23H37NO. The van der Waals surface area contributed by atoms with E-state index in [1.165, 1.54) is 63.5 Å². The molecule has 4 aliphatic rings. The van der Waals surface area contributed by atoms with Gasteiger partial charge in [0, 0.05) is 18.7 Å². The van der Waals surface area contributed by atoms with Crippen LogP contribution < -0.4 is 0 Å². The van der Waals surface area contributed by atoms with Crippen LogP contribution in [0.2, 0.25) is 0 Å². The minimum Gasteiger partial charge on any atom is -0.303 e. The van der Waals surface area contributed by atoms with Crippen LogP contribution in [0.5, 0.6) is 0 Å². The summed E-state index contributed by atoms with van der Waals surface area (Å²) in [5, 5.41) is 0. The Kier molecular flexibility index (Phi) is 4.61. The first-order valence-corrected chi connectivity index (χ1v) is 10.9. The molecule has 25 heavy (non-hydrogen) atoms. The maximum Gasteiger partial charge on any atom is 0.121 e. The van der Waals surface area contributed by atoms with Gasteiger partial charge in [0.1, 0.15) is 6.29 Å². The average Bonchev–Trinajstić information content (AvgIpc) is 2.90. The van der Waals surface area contributed by atoms with Crippen LogP contribution in [0, 0.1) is 40.4 Å². The van der Waals surface area contributed by atoms with Gasteiger partial charge in [-0.15, -0.1) is 0 Å². The molecule has 2 heteroatoms. The summed E-state index contributed by atoms with van der Waals surface area (Å²) in [6.45, 7) is 8.50. The second-order valence-electron chi connectivity index (χ2n) is 10.3.